The van der Waals surface area contributed by atoms with E-state index in [1.807, 2.05) is 49.4 Å². The Bertz CT molecular complexity index is 982. The van der Waals surface area contributed by atoms with Gasteiger partial charge in [-0.15, -0.1) is 0 Å². The number of rotatable bonds is 10. The number of hydrogen-bond acceptors (Lipinski definition) is 6. The van der Waals surface area contributed by atoms with Gasteiger partial charge in [0.1, 0.15) is 0 Å². The van der Waals surface area contributed by atoms with E-state index in [0.29, 0.717) is 18.1 Å². The van der Waals surface area contributed by atoms with Crippen molar-refractivity contribution in [1.29, 1.82) is 0 Å². The number of methoxy groups -OCH3 is 3. The second-order valence-corrected chi connectivity index (χ2v) is 8.35. The van der Waals surface area contributed by atoms with Gasteiger partial charge in [-0.05, 0) is 68.0 Å². The van der Waals surface area contributed by atoms with Crippen molar-refractivity contribution in [1.82, 2.24) is 0 Å². The minimum Gasteiger partial charge on any atom is -0.493 e. The van der Waals surface area contributed by atoms with Crippen molar-refractivity contribution in [2.75, 3.05) is 21.3 Å². The fraction of sp³-hybridized carbons (Fsp3) is 0.464. The lowest BCUT2D eigenvalue weighted by Crippen LogP contribution is -2.12. The summed E-state index contributed by atoms with van der Waals surface area (Å²) in [6.45, 7) is 2.31. The summed E-state index contributed by atoms with van der Waals surface area (Å²) >= 11 is 0. The van der Waals surface area contributed by atoms with Crippen LogP contribution in [0.1, 0.15) is 61.6 Å². The first-order chi connectivity index (χ1) is 16.5. The first-order valence-electron chi connectivity index (χ1n) is 11.7. The van der Waals surface area contributed by atoms with E-state index in [-0.39, 0.29) is 30.7 Å². The van der Waals surface area contributed by atoms with Crippen LogP contribution in [-0.4, -0.2) is 39.7 Å². The molecule has 1 aliphatic rings. The standard InChI is InChI=1S/C28H34O6/c1-20(30-2)33-19-22-11-9-21(10-12-22)13-14-24(18-28(29)32-4)23-15-16-26(31-3)27(17-23)34-25-7-5-6-8-25/h9-12,15-17,20,24-25H,5-8,18-19H2,1-4H3/t20?,24-/m0/s1. The number of carbonyl (C=O) groups excluding carboxylic acids is 1. The average molecular weight is 467 g/mol. The van der Waals surface area contributed by atoms with Crippen molar-refractivity contribution in [3.63, 3.8) is 0 Å². The van der Waals surface area contributed by atoms with Crippen LogP contribution in [-0.2, 0) is 25.6 Å². The number of hydrogen-bond donors (Lipinski definition) is 0. The van der Waals surface area contributed by atoms with Crippen molar-refractivity contribution in [3.8, 4) is 23.3 Å². The third-order valence-corrected chi connectivity index (χ3v) is 5.95. The molecule has 0 aromatic heterocycles. The average Bonchev–Trinajstić information content (AvgIpc) is 3.38. The van der Waals surface area contributed by atoms with Crippen LogP contribution in [0.3, 0.4) is 0 Å². The molecule has 0 aliphatic heterocycles. The summed E-state index contributed by atoms with van der Waals surface area (Å²) < 4.78 is 27.3. The molecule has 3 rings (SSSR count). The molecule has 0 bridgehead atoms. The Hall–Kier alpha value is -3.01. The molecule has 6 heteroatoms. The summed E-state index contributed by atoms with van der Waals surface area (Å²) in [5, 5.41) is 0. The molecule has 0 radical (unpaired) electrons. The molecule has 0 amide bonds. The molecule has 0 spiro atoms. The van der Waals surface area contributed by atoms with Crippen LogP contribution in [0, 0.1) is 11.8 Å². The van der Waals surface area contributed by atoms with E-state index in [0.717, 1.165) is 29.5 Å². The molecule has 6 nitrogen and oxygen atoms in total. The van der Waals surface area contributed by atoms with Gasteiger partial charge in [0.15, 0.2) is 17.8 Å². The Kier molecular flexibility index (Phi) is 9.81. The van der Waals surface area contributed by atoms with Gasteiger partial charge in [-0.2, -0.15) is 0 Å². The Balaban J connectivity index is 1.80. The second kappa shape index (κ2) is 13.0. The van der Waals surface area contributed by atoms with Crippen molar-refractivity contribution < 1.29 is 28.5 Å². The fourth-order valence-corrected chi connectivity index (χ4v) is 3.83. The van der Waals surface area contributed by atoms with E-state index in [1.54, 1.807) is 14.2 Å². The lowest BCUT2D eigenvalue weighted by atomic mass is 9.95. The smallest absolute Gasteiger partial charge is 0.307 e. The van der Waals surface area contributed by atoms with Crippen LogP contribution in [0.4, 0.5) is 0 Å². The summed E-state index contributed by atoms with van der Waals surface area (Å²) in [5.41, 5.74) is 2.78. The van der Waals surface area contributed by atoms with Crippen LogP contribution in [0.15, 0.2) is 42.5 Å². The van der Waals surface area contributed by atoms with Crippen LogP contribution < -0.4 is 9.47 Å². The Morgan fingerprint density at radius 2 is 1.76 bits per heavy atom. The first kappa shape index (κ1) is 25.6. The fourth-order valence-electron chi connectivity index (χ4n) is 3.83. The van der Waals surface area contributed by atoms with Crippen LogP contribution in [0.25, 0.3) is 0 Å². The lowest BCUT2D eigenvalue weighted by Gasteiger charge is -2.18. The molecule has 1 saturated carbocycles. The molecule has 0 saturated heterocycles. The molecular formula is C28H34O6. The van der Waals surface area contributed by atoms with E-state index in [1.165, 1.54) is 20.0 Å². The van der Waals surface area contributed by atoms with Gasteiger partial charge in [-0.3, -0.25) is 4.79 Å². The molecule has 182 valence electrons. The van der Waals surface area contributed by atoms with Crippen molar-refractivity contribution in [2.24, 2.45) is 0 Å². The highest BCUT2D eigenvalue weighted by Crippen LogP contribution is 2.35. The number of ether oxygens (including phenoxy) is 5. The van der Waals surface area contributed by atoms with Gasteiger partial charge in [0, 0.05) is 12.7 Å². The minimum absolute atomic E-state index is 0.152. The summed E-state index contributed by atoms with van der Waals surface area (Å²) in [4.78, 5) is 12.1. The van der Waals surface area contributed by atoms with Crippen LogP contribution in [0.5, 0.6) is 11.5 Å². The topological polar surface area (TPSA) is 63.2 Å². The number of benzene rings is 2. The maximum atomic E-state index is 12.1. The van der Waals surface area contributed by atoms with E-state index in [2.05, 4.69) is 11.8 Å². The molecule has 0 N–H and O–H groups in total. The van der Waals surface area contributed by atoms with Crippen molar-refractivity contribution >= 4 is 5.97 Å². The highest BCUT2D eigenvalue weighted by molar-refractivity contribution is 5.71. The molecule has 1 fully saturated rings. The van der Waals surface area contributed by atoms with Gasteiger partial charge in [0.25, 0.3) is 0 Å². The van der Waals surface area contributed by atoms with Crippen molar-refractivity contribution in [3.05, 3.63) is 59.2 Å². The molecule has 2 atom stereocenters. The molecule has 2 aromatic carbocycles. The quantitative estimate of drug-likeness (QED) is 0.272. The minimum atomic E-state index is -0.338. The molecule has 1 aliphatic carbocycles. The van der Waals surface area contributed by atoms with Gasteiger partial charge >= 0.3 is 5.97 Å². The maximum Gasteiger partial charge on any atom is 0.307 e. The monoisotopic (exact) mass is 466 g/mol. The highest BCUT2D eigenvalue weighted by Gasteiger charge is 2.21. The summed E-state index contributed by atoms with van der Waals surface area (Å²) in [7, 11) is 4.63. The molecule has 2 aromatic rings. The second-order valence-electron chi connectivity index (χ2n) is 8.35. The third kappa shape index (κ3) is 7.51. The maximum absolute atomic E-state index is 12.1. The summed E-state index contributed by atoms with van der Waals surface area (Å²) in [6.07, 6.45) is 4.54. The van der Waals surface area contributed by atoms with Gasteiger partial charge in [-0.1, -0.05) is 30.0 Å². The number of carbonyl (C=O) groups is 1. The van der Waals surface area contributed by atoms with E-state index < -0.39 is 0 Å². The van der Waals surface area contributed by atoms with E-state index in [4.69, 9.17) is 23.7 Å². The summed E-state index contributed by atoms with van der Waals surface area (Å²) in [6, 6.07) is 13.6. The molecule has 34 heavy (non-hydrogen) atoms. The predicted molar refractivity (Wildman–Crippen MR) is 130 cm³/mol. The third-order valence-electron chi connectivity index (χ3n) is 5.95. The first-order valence-corrected chi connectivity index (χ1v) is 11.7. The van der Waals surface area contributed by atoms with Gasteiger partial charge in [0.05, 0.1) is 39.3 Å². The van der Waals surface area contributed by atoms with Gasteiger partial charge in [0.2, 0.25) is 0 Å². The van der Waals surface area contributed by atoms with Gasteiger partial charge < -0.3 is 23.7 Å². The molecule has 0 heterocycles. The van der Waals surface area contributed by atoms with Crippen LogP contribution >= 0.6 is 0 Å². The van der Waals surface area contributed by atoms with Crippen LogP contribution in [0.2, 0.25) is 0 Å². The van der Waals surface area contributed by atoms with Crippen molar-refractivity contribution in [2.45, 2.75) is 63.9 Å². The SMILES string of the molecule is COC(=O)C[C@H](C#Cc1ccc(COC(C)OC)cc1)c1ccc(OC)c(OC2CCCC2)c1. The highest BCUT2D eigenvalue weighted by atomic mass is 16.7. The van der Waals surface area contributed by atoms with E-state index in [9.17, 15) is 4.79 Å². The summed E-state index contributed by atoms with van der Waals surface area (Å²) in [5.74, 6) is 7.18. The Morgan fingerprint density at radius 3 is 2.41 bits per heavy atom. The van der Waals surface area contributed by atoms with E-state index >= 15 is 0 Å². The largest absolute Gasteiger partial charge is 0.493 e. The van der Waals surface area contributed by atoms with Gasteiger partial charge in [-0.25, -0.2) is 0 Å². The molecular weight excluding hydrogens is 432 g/mol. The Labute approximate surface area is 202 Å². The Morgan fingerprint density at radius 1 is 1.03 bits per heavy atom. The normalized spacial score (nSPS) is 15.2. The zero-order valence-corrected chi connectivity index (χ0v) is 20.5. The zero-order valence-electron chi connectivity index (χ0n) is 20.5. The zero-order chi connectivity index (χ0) is 24.3. The predicted octanol–water partition coefficient (Wildman–Crippen LogP) is 5.22. The lowest BCUT2D eigenvalue weighted by molar-refractivity contribution is -0.140. The number of esters is 1. The molecule has 1 unspecified atom stereocenters.